The molecule has 1 amide bonds. The van der Waals surface area contributed by atoms with Crippen LogP contribution in [0, 0.1) is 9.49 Å². The van der Waals surface area contributed by atoms with Gasteiger partial charge in [-0.25, -0.2) is 0 Å². The van der Waals surface area contributed by atoms with Gasteiger partial charge in [0.2, 0.25) is 0 Å². The number of halogens is 3. The molecule has 2 rings (SSSR count). The Morgan fingerprint density at radius 2 is 2.10 bits per heavy atom. The predicted molar refractivity (Wildman–Crippen MR) is 85.4 cm³/mol. The van der Waals surface area contributed by atoms with Gasteiger partial charge in [-0.05, 0) is 47.1 Å². The van der Waals surface area contributed by atoms with Crippen LogP contribution in [0.15, 0.2) is 12.1 Å². The van der Waals surface area contributed by atoms with Crippen LogP contribution in [0.1, 0.15) is 23.2 Å². The summed E-state index contributed by atoms with van der Waals surface area (Å²) < 4.78 is 0.667. The van der Waals surface area contributed by atoms with Gasteiger partial charge in [0.15, 0.2) is 0 Å². The molecule has 108 valence electrons. The number of hydrogen-bond acceptors (Lipinski definition) is 2. The molecule has 1 aliphatic heterocycles. The third kappa shape index (κ3) is 3.56. The molecule has 0 radical (unpaired) electrons. The van der Waals surface area contributed by atoms with Crippen LogP contribution in [-0.4, -0.2) is 35.0 Å². The Morgan fingerprint density at radius 1 is 1.40 bits per heavy atom. The molecule has 0 spiro atoms. The van der Waals surface area contributed by atoms with Gasteiger partial charge in [0.1, 0.15) is 0 Å². The molecule has 0 aromatic heterocycles. The van der Waals surface area contributed by atoms with Crippen molar-refractivity contribution in [3.8, 4) is 0 Å². The molecule has 1 saturated heterocycles. The van der Waals surface area contributed by atoms with Crippen LogP contribution in [0.3, 0.4) is 0 Å². The summed E-state index contributed by atoms with van der Waals surface area (Å²) in [5.41, 5.74) is 0.471. The van der Waals surface area contributed by atoms with E-state index in [0.29, 0.717) is 38.7 Å². The molecule has 1 aromatic carbocycles. The molecule has 0 aliphatic carbocycles. The van der Waals surface area contributed by atoms with E-state index >= 15 is 0 Å². The summed E-state index contributed by atoms with van der Waals surface area (Å²) in [5, 5.41) is 9.66. The van der Waals surface area contributed by atoms with Gasteiger partial charge in [0.05, 0.1) is 10.6 Å². The third-order valence-electron chi connectivity index (χ3n) is 3.26. The van der Waals surface area contributed by atoms with E-state index in [1.165, 1.54) is 0 Å². The molecule has 1 unspecified atom stereocenters. The van der Waals surface area contributed by atoms with Gasteiger partial charge in [0.25, 0.3) is 5.91 Å². The zero-order chi connectivity index (χ0) is 14.9. The van der Waals surface area contributed by atoms with E-state index in [-0.39, 0.29) is 18.2 Å². The van der Waals surface area contributed by atoms with Gasteiger partial charge in [-0.1, -0.05) is 23.2 Å². The van der Waals surface area contributed by atoms with Crippen LogP contribution in [-0.2, 0) is 4.79 Å². The number of carboxylic acid groups (broad SMARTS) is 1. The lowest BCUT2D eigenvalue weighted by Crippen LogP contribution is -2.29. The Kier molecular flexibility index (Phi) is 5.14. The average Bonchev–Trinajstić information content (AvgIpc) is 2.80. The van der Waals surface area contributed by atoms with E-state index < -0.39 is 5.97 Å². The number of carbonyl (C=O) groups excluding carboxylic acids is 1. The fourth-order valence-electron chi connectivity index (χ4n) is 2.31. The molecule has 4 nitrogen and oxygen atoms in total. The maximum absolute atomic E-state index is 12.5. The van der Waals surface area contributed by atoms with Crippen molar-refractivity contribution in [3.63, 3.8) is 0 Å². The van der Waals surface area contributed by atoms with Gasteiger partial charge < -0.3 is 10.0 Å². The number of amides is 1. The molecule has 1 atom stereocenters. The highest BCUT2D eigenvalue weighted by atomic mass is 127. The summed E-state index contributed by atoms with van der Waals surface area (Å²) in [7, 11) is 0. The van der Waals surface area contributed by atoms with E-state index in [9.17, 15) is 9.59 Å². The fraction of sp³-hybridized carbons (Fsp3) is 0.385. The SMILES string of the molecule is O=C(O)CC1CCN(C(=O)c2cc(Cl)cc(Cl)c2I)C1. The first kappa shape index (κ1) is 15.9. The quantitative estimate of drug-likeness (QED) is 0.592. The highest BCUT2D eigenvalue weighted by Gasteiger charge is 2.29. The van der Waals surface area contributed by atoms with Crippen molar-refractivity contribution >= 4 is 57.7 Å². The Bertz CT molecular complexity index is 565. The Morgan fingerprint density at radius 3 is 2.75 bits per heavy atom. The zero-order valence-electron chi connectivity index (χ0n) is 10.4. The molecule has 20 heavy (non-hydrogen) atoms. The van der Waals surface area contributed by atoms with E-state index in [2.05, 4.69) is 0 Å². The molecule has 1 N–H and O–H groups in total. The third-order valence-corrected chi connectivity index (χ3v) is 5.26. The lowest BCUT2D eigenvalue weighted by molar-refractivity contribution is -0.138. The fourth-order valence-corrected chi connectivity index (χ4v) is 3.35. The molecular formula is C13H12Cl2INO3. The van der Waals surface area contributed by atoms with E-state index in [1.54, 1.807) is 17.0 Å². The minimum Gasteiger partial charge on any atom is -0.481 e. The Labute approximate surface area is 140 Å². The minimum atomic E-state index is -0.829. The summed E-state index contributed by atoms with van der Waals surface area (Å²) in [6.07, 6.45) is 0.806. The van der Waals surface area contributed by atoms with E-state index in [1.807, 2.05) is 22.6 Å². The summed E-state index contributed by atoms with van der Waals surface area (Å²) in [5.74, 6) is -0.958. The topological polar surface area (TPSA) is 57.6 Å². The maximum atomic E-state index is 12.5. The summed E-state index contributed by atoms with van der Waals surface area (Å²) in [6, 6.07) is 3.20. The molecule has 7 heteroatoms. The lowest BCUT2D eigenvalue weighted by Gasteiger charge is -2.17. The highest BCUT2D eigenvalue weighted by molar-refractivity contribution is 14.1. The van der Waals surface area contributed by atoms with Gasteiger partial charge in [-0.2, -0.15) is 0 Å². The first-order valence-electron chi connectivity index (χ1n) is 6.04. The number of carboxylic acids is 1. The first-order chi connectivity index (χ1) is 9.38. The number of nitrogens with zero attached hydrogens (tertiary/aromatic N) is 1. The second-order valence-corrected chi connectivity index (χ2v) is 6.68. The highest BCUT2D eigenvalue weighted by Crippen LogP contribution is 2.29. The van der Waals surface area contributed by atoms with Gasteiger partial charge in [-0.15, -0.1) is 0 Å². The van der Waals surface area contributed by atoms with Gasteiger partial charge >= 0.3 is 5.97 Å². The number of benzene rings is 1. The Balaban J connectivity index is 2.15. The van der Waals surface area contributed by atoms with Crippen molar-refractivity contribution in [1.29, 1.82) is 0 Å². The number of aliphatic carboxylic acids is 1. The molecule has 0 saturated carbocycles. The van der Waals surface area contributed by atoms with Crippen LogP contribution in [0.25, 0.3) is 0 Å². The lowest BCUT2D eigenvalue weighted by atomic mass is 10.1. The summed E-state index contributed by atoms with van der Waals surface area (Å²) in [4.78, 5) is 24.8. The standard InChI is InChI=1S/C13H12Cl2INO3/c14-8-4-9(12(16)10(15)5-8)13(20)17-2-1-7(6-17)3-11(18)19/h4-5,7H,1-3,6H2,(H,18,19). The Hall–Kier alpha value is -0.530. The number of rotatable bonds is 3. The summed E-state index contributed by atoms with van der Waals surface area (Å²) >= 11 is 14.0. The molecule has 1 aliphatic rings. The van der Waals surface area contributed by atoms with Crippen LogP contribution in [0.5, 0.6) is 0 Å². The maximum Gasteiger partial charge on any atom is 0.303 e. The zero-order valence-corrected chi connectivity index (χ0v) is 14.1. The van der Waals surface area contributed by atoms with Gasteiger partial charge in [0, 0.05) is 28.1 Å². The van der Waals surface area contributed by atoms with Crippen LogP contribution >= 0.6 is 45.8 Å². The smallest absolute Gasteiger partial charge is 0.303 e. The minimum absolute atomic E-state index is 0.0174. The molecule has 1 aromatic rings. The summed E-state index contributed by atoms with van der Waals surface area (Å²) in [6.45, 7) is 1.03. The number of carbonyl (C=O) groups is 2. The van der Waals surface area contributed by atoms with Gasteiger partial charge in [-0.3, -0.25) is 9.59 Å². The second kappa shape index (κ2) is 6.49. The second-order valence-electron chi connectivity index (χ2n) is 4.75. The molecule has 1 heterocycles. The predicted octanol–water partition coefficient (Wildman–Crippen LogP) is 3.53. The van der Waals surface area contributed by atoms with Crippen molar-refractivity contribution < 1.29 is 14.7 Å². The van der Waals surface area contributed by atoms with Crippen molar-refractivity contribution in [1.82, 2.24) is 4.90 Å². The van der Waals surface area contributed by atoms with Crippen LogP contribution < -0.4 is 0 Å². The average molecular weight is 428 g/mol. The molecule has 1 fully saturated rings. The number of hydrogen-bond donors (Lipinski definition) is 1. The largest absolute Gasteiger partial charge is 0.481 e. The van der Waals surface area contributed by atoms with Crippen molar-refractivity contribution in [2.75, 3.05) is 13.1 Å². The normalized spacial score (nSPS) is 18.4. The number of likely N-dealkylation sites (tertiary alicyclic amines) is 1. The van der Waals surface area contributed by atoms with Crippen molar-refractivity contribution in [2.24, 2.45) is 5.92 Å². The van der Waals surface area contributed by atoms with E-state index in [0.717, 1.165) is 0 Å². The van der Waals surface area contributed by atoms with Crippen molar-refractivity contribution in [3.05, 3.63) is 31.3 Å². The van der Waals surface area contributed by atoms with Crippen molar-refractivity contribution in [2.45, 2.75) is 12.8 Å². The van der Waals surface area contributed by atoms with Crippen LogP contribution in [0.2, 0.25) is 10.0 Å². The van der Waals surface area contributed by atoms with E-state index in [4.69, 9.17) is 28.3 Å². The first-order valence-corrected chi connectivity index (χ1v) is 7.87. The molecular weight excluding hydrogens is 416 g/mol. The molecule has 0 bridgehead atoms. The van der Waals surface area contributed by atoms with Crippen LogP contribution in [0.4, 0.5) is 0 Å². The monoisotopic (exact) mass is 427 g/mol.